The summed E-state index contributed by atoms with van der Waals surface area (Å²) in [6, 6.07) is 17.0. The van der Waals surface area contributed by atoms with Gasteiger partial charge < -0.3 is 0 Å². The zero-order chi connectivity index (χ0) is 14.8. The molecule has 0 radical (unpaired) electrons. The van der Waals surface area contributed by atoms with E-state index in [1.165, 1.54) is 12.1 Å². The molecule has 0 bridgehead atoms. The first-order valence-corrected chi connectivity index (χ1v) is 6.45. The molecule has 0 aromatic heterocycles. The molecule has 3 rings (SSSR count). The lowest BCUT2D eigenvalue weighted by Crippen LogP contribution is -1.89. The third-order valence-corrected chi connectivity index (χ3v) is 3.25. The Balaban J connectivity index is 2.06. The van der Waals surface area contributed by atoms with Crippen molar-refractivity contribution < 1.29 is 13.2 Å². The summed E-state index contributed by atoms with van der Waals surface area (Å²) in [6.07, 6.45) is 0. The Labute approximate surface area is 120 Å². The molecule has 0 fully saturated rings. The third-order valence-electron chi connectivity index (χ3n) is 3.25. The number of halogens is 3. The van der Waals surface area contributed by atoms with Crippen LogP contribution in [0.5, 0.6) is 0 Å². The highest BCUT2D eigenvalue weighted by Crippen LogP contribution is 2.28. The second-order valence-corrected chi connectivity index (χ2v) is 4.72. The van der Waals surface area contributed by atoms with Crippen LogP contribution in [-0.4, -0.2) is 0 Å². The predicted octanol–water partition coefficient (Wildman–Crippen LogP) is 5.44. The van der Waals surface area contributed by atoms with Crippen LogP contribution in [0.2, 0.25) is 0 Å². The summed E-state index contributed by atoms with van der Waals surface area (Å²) in [7, 11) is 0. The van der Waals surface area contributed by atoms with E-state index in [0.29, 0.717) is 5.56 Å². The van der Waals surface area contributed by atoms with Crippen LogP contribution >= 0.6 is 0 Å². The van der Waals surface area contributed by atoms with E-state index < -0.39 is 17.5 Å². The molecule has 0 spiro atoms. The van der Waals surface area contributed by atoms with E-state index in [-0.39, 0.29) is 11.1 Å². The van der Waals surface area contributed by atoms with Crippen LogP contribution in [0, 0.1) is 17.5 Å². The minimum Gasteiger partial charge on any atom is -0.207 e. The summed E-state index contributed by atoms with van der Waals surface area (Å²) < 4.78 is 40.7. The molecule has 0 aliphatic carbocycles. The quantitative estimate of drug-likeness (QED) is 0.588. The fourth-order valence-corrected chi connectivity index (χ4v) is 2.27. The SMILES string of the molecule is Fc1cc(F)cc(-c2ccc(-c3ccccc3)cc2F)c1. The van der Waals surface area contributed by atoms with Crippen LogP contribution in [0.15, 0.2) is 66.7 Å². The molecular formula is C18H11F3. The van der Waals surface area contributed by atoms with E-state index in [9.17, 15) is 13.2 Å². The second-order valence-electron chi connectivity index (χ2n) is 4.72. The molecule has 0 saturated heterocycles. The van der Waals surface area contributed by atoms with Gasteiger partial charge in [0.2, 0.25) is 0 Å². The fraction of sp³-hybridized carbons (Fsp3) is 0. The summed E-state index contributed by atoms with van der Waals surface area (Å²) in [5.74, 6) is -1.96. The van der Waals surface area contributed by atoms with Crippen molar-refractivity contribution in [3.05, 3.63) is 84.2 Å². The van der Waals surface area contributed by atoms with Crippen LogP contribution in [0.1, 0.15) is 0 Å². The number of hydrogen-bond acceptors (Lipinski definition) is 0. The molecule has 0 aliphatic heterocycles. The largest absolute Gasteiger partial charge is 0.207 e. The van der Waals surface area contributed by atoms with Gasteiger partial charge in [-0.2, -0.15) is 0 Å². The molecule has 0 nitrogen and oxygen atoms in total. The van der Waals surface area contributed by atoms with Gasteiger partial charge in [-0.05, 0) is 34.9 Å². The van der Waals surface area contributed by atoms with E-state index in [0.717, 1.165) is 23.8 Å². The molecule has 3 aromatic carbocycles. The van der Waals surface area contributed by atoms with Crippen molar-refractivity contribution in [1.82, 2.24) is 0 Å². The Bertz CT molecular complexity index is 759. The highest BCUT2D eigenvalue weighted by molar-refractivity contribution is 5.71. The number of hydrogen-bond donors (Lipinski definition) is 0. The summed E-state index contributed by atoms with van der Waals surface area (Å²) in [5, 5.41) is 0. The molecule has 3 aromatic rings. The molecule has 0 saturated carbocycles. The van der Waals surface area contributed by atoms with E-state index in [4.69, 9.17) is 0 Å². The van der Waals surface area contributed by atoms with Gasteiger partial charge in [0.15, 0.2) is 0 Å². The van der Waals surface area contributed by atoms with Crippen molar-refractivity contribution in [3.63, 3.8) is 0 Å². The zero-order valence-corrected chi connectivity index (χ0v) is 11.0. The topological polar surface area (TPSA) is 0 Å². The first-order valence-electron chi connectivity index (χ1n) is 6.45. The standard InChI is InChI=1S/C18H11F3/c19-15-8-14(9-16(20)11-15)17-7-6-13(10-18(17)21)12-4-2-1-3-5-12/h1-11H. The summed E-state index contributed by atoms with van der Waals surface area (Å²) >= 11 is 0. The van der Waals surface area contributed by atoms with E-state index in [2.05, 4.69) is 0 Å². The predicted molar refractivity (Wildman–Crippen MR) is 77.2 cm³/mol. The van der Waals surface area contributed by atoms with Crippen molar-refractivity contribution in [2.24, 2.45) is 0 Å². The highest BCUT2D eigenvalue weighted by Gasteiger charge is 2.09. The molecule has 3 heteroatoms. The maximum Gasteiger partial charge on any atom is 0.131 e. The van der Waals surface area contributed by atoms with Gasteiger partial charge in [-0.25, -0.2) is 13.2 Å². The van der Waals surface area contributed by atoms with Crippen LogP contribution in [-0.2, 0) is 0 Å². The molecule has 0 unspecified atom stereocenters. The van der Waals surface area contributed by atoms with E-state index in [1.807, 2.05) is 30.3 Å². The van der Waals surface area contributed by atoms with Gasteiger partial charge in [-0.1, -0.05) is 42.5 Å². The van der Waals surface area contributed by atoms with Crippen molar-refractivity contribution in [2.75, 3.05) is 0 Å². The summed E-state index contributed by atoms with van der Waals surface area (Å²) in [5.41, 5.74) is 1.96. The Morgan fingerprint density at radius 1 is 0.524 bits per heavy atom. The molecule has 0 N–H and O–H groups in total. The molecular weight excluding hydrogens is 273 g/mol. The summed E-state index contributed by atoms with van der Waals surface area (Å²) in [6.45, 7) is 0. The van der Waals surface area contributed by atoms with E-state index in [1.54, 1.807) is 6.07 Å². The van der Waals surface area contributed by atoms with E-state index >= 15 is 0 Å². The monoisotopic (exact) mass is 284 g/mol. The first kappa shape index (κ1) is 13.4. The molecule has 0 amide bonds. The van der Waals surface area contributed by atoms with Crippen molar-refractivity contribution in [2.45, 2.75) is 0 Å². The molecule has 21 heavy (non-hydrogen) atoms. The number of rotatable bonds is 2. The highest BCUT2D eigenvalue weighted by atomic mass is 19.1. The Morgan fingerprint density at radius 2 is 1.19 bits per heavy atom. The minimum absolute atomic E-state index is 0.174. The fourth-order valence-electron chi connectivity index (χ4n) is 2.27. The smallest absolute Gasteiger partial charge is 0.131 e. The average Bonchev–Trinajstić information content (AvgIpc) is 2.47. The van der Waals surface area contributed by atoms with Gasteiger partial charge in [-0.15, -0.1) is 0 Å². The van der Waals surface area contributed by atoms with Crippen molar-refractivity contribution in [3.8, 4) is 22.3 Å². The van der Waals surface area contributed by atoms with Gasteiger partial charge >= 0.3 is 0 Å². The minimum atomic E-state index is -0.725. The maximum atomic E-state index is 14.2. The number of benzene rings is 3. The first-order chi connectivity index (χ1) is 10.1. The molecule has 0 aliphatic rings. The molecule has 0 heterocycles. The van der Waals surface area contributed by atoms with Gasteiger partial charge in [0, 0.05) is 11.6 Å². The normalized spacial score (nSPS) is 10.6. The van der Waals surface area contributed by atoms with Gasteiger partial charge in [0.25, 0.3) is 0 Å². The van der Waals surface area contributed by atoms with Gasteiger partial charge in [-0.3, -0.25) is 0 Å². The third kappa shape index (κ3) is 2.82. The lowest BCUT2D eigenvalue weighted by atomic mass is 9.99. The maximum absolute atomic E-state index is 14.2. The van der Waals surface area contributed by atoms with Crippen LogP contribution in [0.25, 0.3) is 22.3 Å². The van der Waals surface area contributed by atoms with Crippen molar-refractivity contribution in [1.29, 1.82) is 0 Å². The molecule has 0 atom stereocenters. The van der Waals surface area contributed by atoms with Crippen LogP contribution < -0.4 is 0 Å². The molecule has 104 valence electrons. The van der Waals surface area contributed by atoms with Crippen molar-refractivity contribution >= 4 is 0 Å². The van der Waals surface area contributed by atoms with Crippen LogP contribution in [0.4, 0.5) is 13.2 Å². The Hall–Kier alpha value is -2.55. The van der Waals surface area contributed by atoms with Crippen LogP contribution in [0.3, 0.4) is 0 Å². The summed E-state index contributed by atoms with van der Waals surface area (Å²) in [4.78, 5) is 0. The lowest BCUT2D eigenvalue weighted by molar-refractivity contribution is 0.583. The lowest BCUT2D eigenvalue weighted by Gasteiger charge is -2.07. The Kier molecular flexibility index (Phi) is 3.48. The second kappa shape index (κ2) is 5.44. The average molecular weight is 284 g/mol. The van der Waals surface area contributed by atoms with Gasteiger partial charge in [0.1, 0.15) is 17.5 Å². The Morgan fingerprint density at radius 3 is 1.81 bits per heavy atom. The van der Waals surface area contributed by atoms with Gasteiger partial charge in [0.05, 0.1) is 0 Å². The zero-order valence-electron chi connectivity index (χ0n) is 11.0.